The number of rotatable bonds is 6. The van der Waals surface area contributed by atoms with Crippen LogP contribution in [-0.2, 0) is 0 Å². The highest BCUT2D eigenvalue weighted by molar-refractivity contribution is 6.03. The fourth-order valence-electron chi connectivity index (χ4n) is 2.18. The second-order valence-electron chi connectivity index (χ2n) is 5.10. The van der Waals surface area contributed by atoms with E-state index in [1.54, 1.807) is 31.4 Å². The van der Waals surface area contributed by atoms with Crippen molar-refractivity contribution >= 4 is 11.9 Å². The van der Waals surface area contributed by atoms with Crippen LogP contribution < -0.4 is 14.8 Å². The summed E-state index contributed by atoms with van der Waals surface area (Å²) in [6.45, 7) is -2.96. The van der Waals surface area contributed by atoms with E-state index in [4.69, 9.17) is 4.74 Å². The van der Waals surface area contributed by atoms with Crippen LogP contribution in [0.15, 0.2) is 48.5 Å². The first-order valence-electron chi connectivity index (χ1n) is 7.48. The first-order chi connectivity index (χ1) is 12.5. The lowest BCUT2D eigenvalue weighted by Gasteiger charge is -2.06. The van der Waals surface area contributed by atoms with E-state index in [1.807, 2.05) is 0 Å². The summed E-state index contributed by atoms with van der Waals surface area (Å²) in [7, 11) is 1.57. The highest BCUT2D eigenvalue weighted by Gasteiger charge is 2.13. The zero-order valence-corrected chi connectivity index (χ0v) is 13.6. The number of aromatic nitrogens is 3. The fraction of sp³-hybridized carbons (Fsp3) is 0.118. The standard InChI is InChI=1S/C17H14F2N4O3/c1-25-12-7-5-10(6-8-12)14-20-17(23-22-14)21-15(24)11-3-2-4-13(9-11)26-16(18)19/h2-9,16H,1H3,(H2,20,21,22,23,24). The average Bonchev–Trinajstić information content (AvgIpc) is 3.10. The minimum atomic E-state index is -2.96. The first-order valence-corrected chi connectivity index (χ1v) is 7.48. The number of aromatic amines is 1. The minimum absolute atomic E-state index is 0.0565. The smallest absolute Gasteiger partial charge is 0.387 e. The molecule has 0 saturated heterocycles. The number of nitrogens with zero attached hydrogens (tertiary/aromatic N) is 2. The lowest BCUT2D eigenvalue weighted by Crippen LogP contribution is -2.13. The summed E-state index contributed by atoms with van der Waals surface area (Å²) >= 11 is 0. The molecule has 0 bridgehead atoms. The number of methoxy groups -OCH3 is 1. The summed E-state index contributed by atoms with van der Waals surface area (Å²) in [6, 6.07) is 12.6. The molecule has 0 unspecified atom stereocenters. The van der Waals surface area contributed by atoms with Crippen LogP contribution in [0.2, 0.25) is 0 Å². The van der Waals surface area contributed by atoms with Gasteiger partial charge in [-0.05, 0) is 42.5 Å². The average molecular weight is 360 g/mol. The molecule has 9 heteroatoms. The molecule has 3 aromatic rings. The number of alkyl halides is 2. The summed E-state index contributed by atoms with van der Waals surface area (Å²) in [5, 5.41) is 9.13. The number of H-pyrrole nitrogens is 1. The van der Waals surface area contributed by atoms with E-state index in [2.05, 4.69) is 25.2 Å². The molecule has 0 aliphatic rings. The van der Waals surface area contributed by atoms with Crippen molar-refractivity contribution in [3.63, 3.8) is 0 Å². The third-order valence-electron chi connectivity index (χ3n) is 3.40. The van der Waals surface area contributed by atoms with Crippen molar-refractivity contribution in [3.05, 3.63) is 54.1 Å². The molecule has 0 fully saturated rings. The lowest BCUT2D eigenvalue weighted by molar-refractivity contribution is -0.0498. The molecule has 7 nitrogen and oxygen atoms in total. The van der Waals surface area contributed by atoms with Gasteiger partial charge in [-0.15, -0.1) is 5.10 Å². The van der Waals surface area contributed by atoms with E-state index in [1.165, 1.54) is 24.3 Å². The van der Waals surface area contributed by atoms with Crippen LogP contribution in [0.5, 0.6) is 11.5 Å². The Labute approximate surface area is 147 Å². The summed E-state index contributed by atoms with van der Waals surface area (Å²) in [4.78, 5) is 16.4. The van der Waals surface area contributed by atoms with Crippen molar-refractivity contribution in [1.82, 2.24) is 15.2 Å². The highest BCUT2D eigenvalue weighted by Crippen LogP contribution is 2.20. The molecule has 0 radical (unpaired) electrons. The Hall–Kier alpha value is -3.49. The van der Waals surface area contributed by atoms with E-state index in [9.17, 15) is 13.6 Å². The molecular formula is C17H14F2N4O3. The zero-order valence-electron chi connectivity index (χ0n) is 13.6. The Morgan fingerprint density at radius 1 is 1.15 bits per heavy atom. The minimum Gasteiger partial charge on any atom is -0.497 e. The van der Waals surface area contributed by atoms with Crippen molar-refractivity contribution in [1.29, 1.82) is 0 Å². The highest BCUT2D eigenvalue weighted by atomic mass is 19.3. The number of benzene rings is 2. The van der Waals surface area contributed by atoms with Crippen molar-refractivity contribution < 1.29 is 23.0 Å². The van der Waals surface area contributed by atoms with Crippen molar-refractivity contribution in [2.45, 2.75) is 6.61 Å². The molecule has 0 saturated carbocycles. The molecule has 134 valence electrons. The van der Waals surface area contributed by atoms with Gasteiger partial charge in [-0.2, -0.15) is 13.8 Å². The number of anilines is 1. The van der Waals surface area contributed by atoms with Crippen molar-refractivity contribution in [2.75, 3.05) is 12.4 Å². The summed E-state index contributed by atoms with van der Waals surface area (Å²) < 4.78 is 33.9. The number of nitrogens with one attached hydrogen (secondary N) is 2. The van der Waals surface area contributed by atoms with Gasteiger partial charge in [0.15, 0.2) is 5.82 Å². The number of hydrogen-bond acceptors (Lipinski definition) is 5. The monoisotopic (exact) mass is 360 g/mol. The molecule has 2 N–H and O–H groups in total. The van der Waals surface area contributed by atoms with Crippen LogP contribution in [-0.4, -0.2) is 34.8 Å². The molecule has 1 amide bonds. The predicted molar refractivity (Wildman–Crippen MR) is 89.4 cm³/mol. The summed E-state index contributed by atoms with van der Waals surface area (Å²) in [5.41, 5.74) is 0.894. The van der Waals surface area contributed by atoms with Gasteiger partial charge >= 0.3 is 6.61 Å². The summed E-state index contributed by atoms with van der Waals surface area (Å²) in [5.74, 6) is 0.554. The second-order valence-corrected chi connectivity index (χ2v) is 5.10. The maximum Gasteiger partial charge on any atom is 0.387 e. The van der Waals surface area contributed by atoms with Gasteiger partial charge in [-0.3, -0.25) is 15.2 Å². The molecule has 1 aromatic heterocycles. The Morgan fingerprint density at radius 2 is 1.92 bits per heavy atom. The van der Waals surface area contributed by atoms with Gasteiger partial charge in [-0.1, -0.05) is 6.07 Å². The number of carbonyl (C=O) groups is 1. The van der Waals surface area contributed by atoms with Gasteiger partial charge in [0.1, 0.15) is 11.5 Å². The normalized spacial score (nSPS) is 10.6. The Balaban J connectivity index is 1.71. The molecular weight excluding hydrogens is 346 g/mol. The third-order valence-corrected chi connectivity index (χ3v) is 3.40. The number of hydrogen-bond donors (Lipinski definition) is 2. The van der Waals surface area contributed by atoms with Gasteiger partial charge in [0.2, 0.25) is 5.95 Å². The van der Waals surface area contributed by atoms with Gasteiger partial charge in [0.05, 0.1) is 7.11 Å². The van der Waals surface area contributed by atoms with Crippen LogP contribution in [0.1, 0.15) is 10.4 Å². The molecule has 0 spiro atoms. The van der Waals surface area contributed by atoms with Crippen LogP contribution >= 0.6 is 0 Å². The molecule has 26 heavy (non-hydrogen) atoms. The van der Waals surface area contributed by atoms with E-state index >= 15 is 0 Å². The summed E-state index contributed by atoms with van der Waals surface area (Å²) in [6.07, 6.45) is 0. The topological polar surface area (TPSA) is 89.1 Å². The second kappa shape index (κ2) is 7.60. The van der Waals surface area contributed by atoms with Crippen LogP contribution in [0.3, 0.4) is 0 Å². The van der Waals surface area contributed by atoms with Crippen LogP contribution in [0.4, 0.5) is 14.7 Å². The molecule has 1 heterocycles. The molecule has 0 atom stereocenters. The van der Waals surface area contributed by atoms with Crippen molar-refractivity contribution in [2.24, 2.45) is 0 Å². The molecule has 0 aliphatic carbocycles. The molecule has 2 aromatic carbocycles. The largest absolute Gasteiger partial charge is 0.497 e. The quantitative estimate of drug-likeness (QED) is 0.704. The predicted octanol–water partition coefficient (Wildman–Crippen LogP) is 3.33. The number of carbonyl (C=O) groups excluding carboxylic acids is 1. The zero-order chi connectivity index (χ0) is 18.5. The third kappa shape index (κ3) is 4.12. The van der Waals surface area contributed by atoms with Crippen molar-refractivity contribution in [3.8, 4) is 22.9 Å². The fourth-order valence-corrected chi connectivity index (χ4v) is 2.18. The number of ether oxygens (including phenoxy) is 2. The molecule has 0 aliphatic heterocycles. The Bertz CT molecular complexity index is 897. The van der Waals surface area contributed by atoms with Gasteiger partial charge in [0.25, 0.3) is 5.91 Å². The van der Waals surface area contributed by atoms with Crippen LogP contribution in [0, 0.1) is 0 Å². The van der Waals surface area contributed by atoms with E-state index < -0.39 is 12.5 Å². The van der Waals surface area contributed by atoms with Crippen LogP contribution in [0.25, 0.3) is 11.4 Å². The van der Waals surface area contributed by atoms with E-state index in [0.29, 0.717) is 11.6 Å². The number of halogens is 2. The SMILES string of the molecule is COc1ccc(-c2nc(NC(=O)c3cccc(OC(F)F)c3)n[nH]2)cc1. The Kier molecular flexibility index (Phi) is 5.07. The molecule has 3 rings (SSSR count). The van der Waals surface area contributed by atoms with E-state index in [0.717, 1.165) is 5.56 Å². The Morgan fingerprint density at radius 3 is 2.62 bits per heavy atom. The number of amides is 1. The van der Waals surface area contributed by atoms with E-state index in [-0.39, 0.29) is 17.3 Å². The lowest BCUT2D eigenvalue weighted by atomic mass is 10.2. The maximum absolute atomic E-state index is 12.3. The van der Waals surface area contributed by atoms with Gasteiger partial charge in [-0.25, -0.2) is 0 Å². The first kappa shape index (κ1) is 17.3. The maximum atomic E-state index is 12.3. The van der Waals surface area contributed by atoms with Gasteiger partial charge in [0, 0.05) is 11.1 Å². The van der Waals surface area contributed by atoms with Gasteiger partial charge < -0.3 is 9.47 Å².